The Labute approximate surface area is 87.4 Å². The van der Waals surface area contributed by atoms with Crippen LogP contribution in [0.5, 0.6) is 0 Å². The van der Waals surface area contributed by atoms with Crippen LogP contribution in [0.4, 0.5) is 5.69 Å². The van der Waals surface area contributed by atoms with Crippen LogP contribution in [-0.4, -0.2) is 6.54 Å². The zero-order chi connectivity index (χ0) is 9.38. The van der Waals surface area contributed by atoms with E-state index in [1.165, 1.54) is 22.4 Å². The van der Waals surface area contributed by atoms with Crippen molar-refractivity contribution in [1.29, 1.82) is 0 Å². The van der Waals surface area contributed by atoms with Gasteiger partial charge in [-0.1, -0.05) is 6.07 Å². The van der Waals surface area contributed by atoms with E-state index in [2.05, 4.69) is 40.3 Å². The zero-order valence-corrected chi connectivity index (χ0v) is 8.60. The van der Waals surface area contributed by atoms with Gasteiger partial charge in [-0.2, -0.15) is 11.3 Å². The van der Waals surface area contributed by atoms with Crippen LogP contribution >= 0.6 is 11.3 Å². The number of hydrogen-bond donors (Lipinski definition) is 1. The van der Waals surface area contributed by atoms with E-state index in [0.717, 1.165) is 13.0 Å². The minimum Gasteiger partial charge on any atom is -0.384 e. The fourth-order valence-corrected chi connectivity index (χ4v) is 2.58. The molecule has 0 saturated carbocycles. The minimum absolute atomic E-state index is 1.09. The maximum absolute atomic E-state index is 3.38. The molecule has 0 spiro atoms. The summed E-state index contributed by atoms with van der Waals surface area (Å²) in [6, 6.07) is 8.86. The van der Waals surface area contributed by atoms with Crippen molar-refractivity contribution in [2.24, 2.45) is 0 Å². The van der Waals surface area contributed by atoms with Gasteiger partial charge in [0, 0.05) is 12.2 Å². The predicted octanol–water partition coefficient (Wildman–Crippen LogP) is 3.38. The van der Waals surface area contributed by atoms with E-state index in [-0.39, 0.29) is 0 Å². The quantitative estimate of drug-likeness (QED) is 0.745. The molecule has 0 atom stereocenters. The molecule has 2 aromatic rings. The fourth-order valence-electron chi connectivity index (χ4n) is 1.91. The average Bonchev–Trinajstić information content (AvgIpc) is 2.88. The average molecular weight is 201 g/mol. The van der Waals surface area contributed by atoms with Gasteiger partial charge in [0.25, 0.3) is 0 Å². The van der Waals surface area contributed by atoms with Gasteiger partial charge in [-0.25, -0.2) is 0 Å². The number of nitrogens with one attached hydrogen (secondary N) is 1. The van der Waals surface area contributed by atoms with E-state index in [9.17, 15) is 0 Å². The molecule has 1 N–H and O–H groups in total. The van der Waals surface area contributed by atoms with Gasteiger partial charge in [-0.15, -0.1) is 0 Å². The number of benzene rings is 1. The molecule has 0 amide bonds. The van der Waals surface area contributed by atoms with Gasteiger partial charge in [-0.05, 0) is 52.1 Å². The van der Waals surface area contributed by atoms with E-state index < -0.39 is 0 Å². The monoisotopic (exact) mass is 201 g/mol. The first-order valence-electron chi connectivity index (χ1n) is 4.83. The summed E-state index contributed by atoms with van der Waals surface area (Å²) in [4.78, 5) is 0. The molecule has 2 heteroatoms. The Morgan fingerprint density at radius 2 is 2.14 bits per heavy atom. The summed E-state index contributed by atoms with van der Waals surface area (Å²) in [7, 11) is 0. The van der Waals surface area contributed by atoms with Crippen molar-refractivity contribution in [3.8, 4) is 11.1 Å². The van der Waals surface area contributed by atoms with Crippen molar-refractivity contribution >= 4 is 17.0 Å². The van der Waals surface area contributed by atoms with Crippen molar-refractivity contribution in [2.45, 2.75) is 6.42 Å². The van der Waals surface area contributed by atoms with Crippen LogP contribution in [0, 0.1) is 0 Å². The third-order valence-electron chi connectivity index (χ3n) is 2.67. The van der Waals surface area contributed by atoms with Crippen LogP contribution in [0.25, 0.3) is 11.1 Å². The SMILES string of the molecule is c1cc(-c2ccc3c(c2)CCN3)cs1. The largest absolute Gasteiger partial charge is 0.384 e. The lowest BCUT2D eigenvalue weighted by molar-refractivity contribution is 1.11. The summed E-state index contributed by atoms with van der Waals surface area (Å²) in [6.45, 7) is 1.09. The summed E-state index contributed by atoms with van der Waals surface area (Å²) < 4.78 is 0. The van der Waals surface area contributed by atoms with Gasteiger partial charge in [-0.3, -0.25) is 0 Å². The number of anilines is 1. The highest BCUT2D eigenvalue weighted by atomic mass is 32.1. The Hall–Kier alpha value is -1.28. The van der Waals surface area contributed by atoms with Gasteiger partial charge < -0.3 is 5.32 Å². The topological polar surface area (TPSA) is 12.0 Å². The van der Waals surface area contributed by atoms with Gasteiger partial charge in [0.1, 0.15) is 0 Å². The second-order valence-corrected chi connectivity index (χ2v) is 4.34. The van der Waals surface area contributed by atoms with Crippen molar-refractivity contribution in [3.05, 3.63) is 40.6 Å². The van der Waals surface area contributed by atoms with E-state index in [1.54, 1.807) is 11.3 Å². The van der Waals surface area contributed by atoms with Gasteiger partial charge in [0.15, 0.2) is 0 Å². The molecule has 1 aromatic heterocycles. The Morgan fingerprint density at radius 1 is 1.14 bits per heavy atom. The lowest BCUT2D eigenvalue weighted by atomic mass is 10.0. The molecule has 0 radical (unpaired) electrons. The first kappa shape index (κ1) is 8.06. The molecule has 0 bridgehead atoms. The van der Waals surface area contributed by atoms with Gasteiger partial charge in [0.05, 0.1) is 0 Å². The molecule has 1 aliphatic rings. The minimum atomic E-state index is 1.09. The highest BCUT2D eigenvalue weighted by Gasteiger charge is 2.10. The first-order valence-corrected chi connectivity index (χ1v) is 5.77. The summed E-state index contributed by atoms with van der Waals surface area (Å²) in [5.41, 5.74) is 5.44. The molecule has 14 heavy (non-hydrogen) atoms. The fraction of sp³-hybridized carbons (Fsp3) is 0.167. The molecular weight excluding hydrogens is 190 g/mol. The standard InChI is InChI=1S/C12H11NS/c1-2-12-10(3-5-13-12)7-9(1)11-4-6-14-8-11/h1-2,4,6-8,13H,3,5H2. The van der Waals surface area contributed by atoms with Crippen LogP contribution in [-0.2, 0) is 6.42 Å². The number of hydrogen-bond acceptors (Lipinski definition) is 2. The smallest absolute Gasteiger partial charge is 0.0373 e. The first-order chi connectivity index (χ1) is 6.93. The van der Waals surface area contributed by atoms with E-state index in [4.69, 9.17) is 0 Å². The zero-order valence-electron chi connectivity index (χ0n) is 7.79. The van der Waals surface area contributed by atoms with Crippen LogP contribution in [0.2, 0.25) is 0 Å². The van der Waals surface area contributed by atoms with Gasteiger partial charge >= 0.3 is 0 Å². The Kier molecular flexibility index (Phi) is 1.81. The number of fused-ring (bicyclic) bond motifs is 1. The van der Waals surface area contributed by atoms with Crippen LogP contribution in [0.1, 0.15) is 5.56 Å². The molecule has 0 aliphatic carbocycles. The normalized spacial score (nSPS) is 13.7. The summed E-state index contributed by atoms with van der Waals surface area (Å²) in [5.74, 6) is 0. The molecule has 2 heterocycles. The lowest BCUT2D eigenvalue weighted by Crippen LogP contribution is -1.90. The molecule has 3 rings (SSSR count). The molecule has 0 saturated heterocycles. The van der Waals surface area contributed by atoms with E-state index >= 15 is 0 Å². The lowest BCUT2D eigenvalue weighted by Gasteiger charge is -2.02. The predicted molar refractivity (Wildman–Crippen MR) is 61.9 cm³/mol. The maximum Gasteiger partial charge on any atom is 0.0373 e. The molecule has 1 aromatic carbocycles. The number of rotatable bonds is 1. The summed E-state index contributed by atoms with van der Waals surface area (Å²) in [5, 5.41) is 7.70. The Balaban J connectivity index is 2.09. The van der Waals surface area contributed by atoms with Crippen molar-refractivity contribution in [3.63, 3.8) is 0 Å². The number of thiophene rings is 1. The van der Waals surface area contributed by atoms with Crippen LogP contribution in [0.15, 0.2) is 35.0 Å². The van der Waals surface area contributed by atoms with Crippen LogP contribution in [0.3, 0.4) is 0 Å². The summed E-state index contributed by atoms with van der Waals surface area (Å²) >= 11 is 1.75. The maximum atomic E-state index is 3.38. The Bertz CT molecular complexity index is 445. The highest BCUT2D eigenvalue weighted by molar-refractivity contribution is 7.08. The molecule has 0 fully saturated rings. The van der Waals surface area contributed by atoms with Gasteiger partial charge in [0.2, 0.25) is 0 Å². The molecule has 70 valence electrons. The molecule has 1 aliphatic heterocycles. The van der Waals surface area contributed by atoms with Crippen molar-refractivity contribution in [1.82, 2.24) is 0 Å². The van der Waals surface area contributed by atoms with Crippen molar-refractivity contribution < 1.29 is 0 Å². The second kappa shape index (κ2) is 3.14. The van der Waals surface area contributed by atoms with Crippen molar-refractivity contribution in [2.75, 3.05) is 11.9 Å². The van der Waals surface area contributed by atoms with Crippen LogP contribution < -0.4 is 5.32 Å². The third kappa shape index (κ3) is 1.23. The third-order valence-corrected chi connectivity index (χ3v) is 3.35. The highest BCUT2D eigenvalue weighted by Crippen LogP contribution is 2.29. The summed E-state index contributed by atoms with van der Waals surface area (Å²) in [6.07, 6.45) is 1.16. The van der Waals surface area contributed by atoms with E-state index in [0.29, 0.717) is 0 Å². The Morgan fingerprint density at radius 3 is 3.00 bits per heavy atom. The second-order valence-electron chi connectivity index (χ2n) is 3.56. The molecule has 1 nitrogen and oxygen atoms in total. The molecule has 0 unspecified atom stereocenters. The molecular formula is C12H11NS. The van der Waals surface area contributed by atoms with E-state index in [1.807, 2.05) is 0 Å².